The average molecular weight is 381 g/mol. The van der Waals surface area contributed by atoms with Crippen LogP contribution in [0.1, 0.15) is 26.3 Å². The summed E-state index contributed by atoms with van der Waals surface area (Å²) in [5.74, 6) is 0.120. The first-order valence-electron chi connectivity index (χ1n) is 8.67. The lowest BCUT2D eigenvalue weighted by atomic mass is 9.87. The van der Waals surface area contributed by atoms with Crippen molar-refractivity contribution in [3.8, 4) is 16.9 Å². The number of hydrogen-bond acceptors (Lipinski definition) is 4. The average Bonchev–Trinajstić information content (AvgIpc) is 2.63. The van der Waals surface area contributed by atoms with Gasteiger partial charge < -0.3 is 9.92 Å². The molecule has 0 atom stereocenters. The van der Waals surface area contributed by atoms with E-state index in [0.717, 1.165) is 16.7 Å². The molecule has 0 aromatic heterocycles. The molecule has 27 heavy (non-hydrogen) atoms. The fraction of sp³-hybridized carbons (Fsp3) is 0.182. The first-order chi connectivity index (χ1) is 12.7. The lowest BCUT2D eigenvalue weighted by Crippen LogP contribution is -2.13. The van der Waals surface area contributed by atoms with Gasteiger partial charge in [0.25, 0.3) is 0 Å². The van der Waals surface area contributed by atoms with E-state index in [1.54, 1.807) is 42.5 Å². The van der Waals surface area contributed by atoms with Gasteiger partial charge in [0.05, 0.1) is 5.69 Å². The van der Waals surface area contributed by atoms with E-state index in [1.807, 2.05) is 30.3 Å². The van der Waals surface area contributed by atoms with Crippen LogP contribution in [0.25, 0.3) is 11.1 Å². The van der Waals surface area contributed by atoms with Crippen LogP contribution in [-0.4, -0.2) is 8.42 Å². The summed E-state index contributed by atoms with van der Waals surface area (Å²) in [5, 5.41) is 0. The molecule has 3 aromatic carbocycles. The van der Waals surface area contributed by atoms with Crippen molar-refractivity contribution < 1.29 is 12.6 Å². The second-order valence-electron chi connectivity index (χ2n) is 7.43. The first-order valence-corrected chi connectivity index (χ1v) is 10.1. The van der Waals surface area contributed by atoms with Crippen molar-refractivity contribution >= 4 is 15.8 Å². The molecule has 0 spiro atoms. The number of nitrogens with two attached hydrogens (primary N) is 1. The Bertz CT molecular complexity index is 1040. The van der Waals surface area contributed by atoms with Gasteiger partial charge in [0.2, 0.25) is 0 Å². The summed E-state index contributed by atoms with van der Waals surface area (Å²) in [6, 6.07) is 21.5. The standard InChI is InChI=1S/C22H23NO3S/c1-22(2,3)18-10-12-19(13-11-18)27(24,25)26-21-14-9-17(15-20(21)23)16-7-5-4-6-8-16/h4-15H,23H2,1-3H3. The number of anilines is 1. The van der Waals surface area contributed by atoms with Gasteiger partial charge in [0, 0.05) is 0 Å². The zero-order valence-electron chi connectivity index (χ0n) is 15.6. The van der Waals surface area contributed by atoms with Gasteiger partial charge in [-0.25, -0.2) is 0 Å². The van der Waals surface area contributed by atoms with Gasteiger partial charge in [-0.2, -0.15) is 8.42 Å². The maximum atomic E-state index is 12.6. The first kappa shape index (κ1) is 19.0. The van der Waals surface area contributed by atoms with Gasteiger partial charge >= 0.3 is 10.1 Å². The highest BCUT2D eigenvalue weighted by Gasteiger charge is 2.20. The van der Waals surface area contributed by atoms with Crippen molar-refractivity contribution in [3.05, 3.63) is 78.4 Å². The van der Waals surface area contributed by atoms with Crippen LogP contribution in [-0.2, 0) is 15.5 Å². The molecule has 3 aromatic rings. The quantitative estimate of drug-likeness (QED) is 0.510. The van der Waals surface area contributed by atoms with Crippen LogP contribution in [0.4, 0.5) is 5.69 Å². The van der Waals surface area contributed by atoms with Crippen LogP contribution in [0.15, 0.2) is 77.7 Å². The van der Waals surface area contributed by atoms with E-state index in [-0.39, 0.29) is 21.7 Å². The minimum Gasteiger partial charge on any atom is -0.396 e. The number of benzene rings is 3. The summed E-state index contributed by atoms with van der Waals surface area (Å²) in [4.78, 5) is 0.0991. The lowest BCUT2D eigenvalue weighted by molar-refractivity contribution is 0.487. The summed E-state index contributed by atoms with van der Waals surface area (Å²) >= 11 is 0. The van der Waals surface area contributed by atoms with Gasteiger partial charge in [0.15, 0.2) is 5.75 Å². The van der Waals surface area contributed by atoms with Crippen LogP contribution in [0.2, 0.25) is 0 Å². The minimum absolute atomic E-state index is 0.0547. The summed E-state index contributed by atoms with van der Waals surface area (Å²) in [5.41, 5.74) is 9.19. The Labute approximate surface area is 160 Å². The largest absolute Gasteiger partial charge is 0.396 e. The van der Waals surface area contributed by atoms with Crippen LogP contribution in [0.5, 0.6) is 5.75 Å². The normalized spacial score (nSPS) is 12.0. The summed E-state index contributed by atoms with van der Waals surface area (Å²) in [6.07, 6.45) is 0. The van der Waals surface area contributed by atoms with Crippen molar-refractivity contribution in [1.29, 1.82) is 0 Å². The molecule has 4 nitrogen and oxygen atoms in total. The van der Waals surface area contributed by atoms with E-state index in [0.29, 0.717) is 0 Å². The van der Waals surface area contributed by atoms with Crippen LogP contribution in [0, 0.1) is 0 Å². The molecule has 0 amide bonds. The van der Waals surface area contributed by atoms with E-state index >= 15 is 0 Å². The van der Waals surface area contributed by atoms with Crippen LogP contribution in [0.3, 0.4) is 0 Å². The monoisotopic (exact) mass is 381 g/mol. The third-order valence-electron chi connectivity index (χ3n) is 4.33. The van der Waals surface area contributed by atoms with Gasteiger partial charge in [-0.15, -0.1) is 0 Å². The van der Waals surface area contributed by atoms with E-state index in [9.17, 15) is 8.42 Å². The van der Waals surface area contributed by atoms with Crippen molar-refractivity contribution in [2.24, 2.45) is 0 Å². The molecule has 0 radical (unpaired) electrons. The van der Waals surface area contributed by atoms with Crippen molar-refractivity contribution in [1.82, 2.24) is 0 Å². The molecule has 140 valence electrons. The second kappa shape index (κ2) is 7.08. The van der Waals surface area contributed by atoms with E-state index < -0.39 is 10.1 Å². The van der Waals surface area contributed by atoms with Crippen LogP contribution >= 0.6 is 0 Å². The topological polar surface area (TPSA) is 69.4 Å². The van der Waals surface area contributed by atoms with Crippen LogP contribution < -0.4 is 9.92 Å². The van der Waals surface area contributed by atoms with E-state index in [1.165, 1.54) is 0 Å². The Hall–Kier alpha value is -2.79. The fourth-order valence-electron chi connectivity index (χ4n) is 2.72. The highest BCUT2D eigenvalue weighted by molar-refractivity contribution is 7.87. The molecular formula is C22H23NO3S. The molecule has 5 heteroatoms. The highest BCUT2D eigenvalue weighted by Crippen LogP contribution is 2.31. The predicted molar refractivity (Wildman–Crippen MR) is 109 cm³/mol. The van der Waals surface area contributed by atoms with Crippen molar-refractivity contribution in [2.45, 2.75) is 31.1 Å². The molecule has 0 aliphatic carbocycles. The summed E-state index contributed by atoms with van der Waals surface area (Å²) in [6.45, 7) is 6.21. The molecule has 0 unspecified atom stereocenters. The third kappa shape index (κ3) is 4.31. The Morgan fingerprint density at radius 1 is 0.815 bits per heavy atom. The molecular weight excluding hydrogens is 358 g/mol. The molecule has 3 rings (SSSR count). The maximum Gasteiger partial charge on any atom is 0.339 e. The lowest BCUT2D eigenvalue weighted by Gasteiger charge is -2.19. The molecule has 2 N–H and O–H groups in total. The number of rotatable bonds is 4. The van der Waals surface area contributed by atoms with Gasteiger partial charge in [-0.3, -0.25) is 0 Å². The maximum absolute atomic E-state index is 12.6. The molecule has 0 aliphatic rings. The molecule has 0 aliphatic heterocycles. The molecule has 0 fully saturated rings. The Balaban J connectivity index is 1.86. The minimum atomic E-state index is -3.96. The van der Waals surface area contributed by atoms with E-state index in [2.05, 4.69) is 20.8 Å². The smallest absolute Gasteiger partial charge is 0.339 e. The zero-order chi connectivity index (χ0) is 19.7. The highest BCUT2D eigenvalue weighted by atomic mass is 32.2. The van der Waals surface area contributed by atoms with Crippen molar-refractivity contribution in [3.63, 3.8) is 0 Å². The number of nitrogen functional groups attached to an aromatic ring is 1. The zero-order valence-corrected chi connectivity index (χ0v) is 16.5. The third-order valence-corrected chi connectivity index (χ3v) is 5.57. The van der Waals surface area contributed by atoms with Gasteiger partial charge in [0.1, 0.15) is 4.90 Å². The predicted octanol–water partition coefficient (Wildman–Crippen LogP) is 5.00. The molecule has 0 bridgehead atoms. The fourth-order valence-corrected chi connectivity index (χ4v) is 3.68. The summed E-state index contributed by atoms with van der Waals surface area (Å²) < 4.78 is 30.5. The second-order valence-corrected chi connectivity index (χ2v) is 8.98. The molecule has 0 saturated carbocycles. The molecule has 0 heterocycles. The summed E-state index contributed by atoms with van der Waals surface area (Å²) in [7, 11) is -3.96. The van der Waals surface area contributed by atoms with Gasteiger partial charge in [-0.05, 0) is 46.4 Å². The van der Waals surface area contributed by atoms with Gasteiger partial charge in [-0.1, -0.05) is 69.3 Å². The SMILES string of the molecule is CC(C)(C)c1ccc(S(=O)(=O)Oc2ccc(-c3ccccc3)cc2N)cc1. The van der Waals surface area contributed by atoms with Crippen molar-refractivity contribution in [2.75, 3.05) is 5.73 Å². The Morgan fingerprint density at radius 3 is 2.00 bits per heavy atom. The number of hydrogen-bond donors (Lipinski definition) is 1. The van der Waals surface area contributed by atoms with E-state index in [4.69, 9.17) is 9.92 Å². The Kier molecular flexibility index (Phi) is 4.98. The Morgan fingerprint density at radius 2 is 1.44 bits per heavy atom. The molecule has 0 saturated heterocycles.